The van der Waals surface area contributed by atoms with E-state index in [0.29, 0.717) is 17.8 Å². The van der Waals surface area contributed by atoms with Crippen LogP contribution in [0.25, 0.3) is 0 Å². The molecule has 4 aliphatic heterocycles. The van der Waals surface area contributed by atoms with Gasteiger partial charge in [-0.1, -0.05) is 19.9 Å². The number of fused-ring (bicyclic) bond motifs is 4. The molecule has 2 unspecified atom stereocenters. The van der Waals surface area contributed by atoms with Crippen molar-refractivity contribution in [2.75, 3.05) is 13.2 Å². The maximum Gasteiger partial charge on any atom is 0.119 e. The van der Waals surface area contributed by atoms with Crippen LogP contribution < -0.4 is 0 Å². The maximum atomic E-state index is 11.4. The van der Waals surface area contributed by atoms with Crippen molar-refractivity contribution >= 4 is 0 Å². The van der Waals surface area contributed by atoms with Crippen LogP contribution in [0.5, 0.6) is 0 Å². The number of nitrogens with zero attached hydrogens (tertiary/aromatic N) is 1. The van der Waals surface area contributed by atoms with Crippen LogP contribution in [0, 0.1) is 34.0 Å². The van der Waals surface area contributed by atoms with Crippen molar-refractivity contribution < 1.29 is 14.6 Å². The van der Waals surface area contributed by atoms with E-state index >= 15 is 0 Å². The van der Waals surface area contributed by atoms with Gasteiger partial charge in [0.15, 0.2) is 0 Å². The molecule has 4 nitrogen and oxygen atoms in total. The Hall–Kier alpha value is -0.420. The Morgan fingerprint density at radius 2 is 2.00 bits per heavy atom. The van der Waals surface area contributed by atoms with E-state index in [1.165, 1.54) is 32.1 Å². The molecular weight excluding hydrogens is 326 g/mol. The molecular formula is C22H31NO3. The number of ether oxygens (including phenoxy) is 2. The fraction of sp³-hybridized carbons (Fsp3) is 0.909. The largest absolute Gasteiger partial charge is 0.388 e. The molecule has 9 fully saturated rings. The molecule has 5 aliphatic carbocycles. The summed E-state index contributed by atoms with van der Waals surface area (Å²) in [6, 6.07) is 0. The zero-order valence-electron chi connectivity index (χ0n) is 15.8. The lowest BCUT2D eigenvalue weighted by atomic mass is 9.32. The van der Waals surface area contributed by atoms with Gasteiger partial charge in [-0.05, 0) is 61.9 Å². The van der Waals surface area contributed by atoms with Gasteiger partial charge in [0.25, 0.3) is 0 Å². The zero-order valence-corrected chi connectivity index (χ0v) is 15.8. The molecule has 4 saturated heterocycles. The molecule has 5 saturated carbocycles. The molecule has 9 rings (SSSR count). The number of aliphatic hydroxyl groups is 1. The van der Waals surface area contributed by atoms with Crippen LogP contribution >= 0.6 is 0 Å². The summed E-state index contributed by atoms with van der Waals surface area (Å²) in [7, 11) is 0. The van der Waals surface area contributed by atoms with Gasteiger partial charge in [-0.15, -0.1) is 0 Å². The fourth-order valence-electron chi connectivity index (χ4n) is 9.72. The highest BCUT2D eigenvalue weighted by Gasteiger charge is 2.80. The average Bonchev–Trinajstić information content (AvgIpc) is 3.14. The minimum atomic E-state index is -0.345. The molecule has 0 amide bonds. The quantitative estimate of drug-likeness (QED) is 0.677. The third-order valence-corrected chi connectivity index (χ3v) is 10.5. The van der Waals surface area contributed by atoms with E-state index in [0.717, 1.165) is 31.6 Å². The molecule has 1 N–H and O–H groups in total. The fourth-order valence-corrected chi connectivity index (χ4v) is 9.72. The van der Waals surface area contributed by atoms with Gasteiger partial charge in [-0.3, -0.25) is 0 Å². The first-order chi connectivity index (χ1) is 12.5. The smallest absolute Gasteiger partial charge is 0.119 e. The Balaban J connectivity index is 1.45. The first kappa shape index (κ1) is 15.5. The molecule has 0 aromatic rings. The van der Waals surface area contributed by atoms with Gasteiger partial charge < -0.3 is 14.6 Å². The predicted molar refractivity (Wildman–Crippen MR) is 96.0 cm³/mol. The van der Waals surface area contributed by atoms with Crippen molar-refractivity contribution in [2.45, 2.75) is 76.5 Å². The highest BCUT2D eigenvalue weighted by molar-refractivity contribution is 5.32. The highest BCUT2D eigenvalue weighted by atomic mass is 16.6. The average molecular weight is 357 g/mol. The van der Waals surface area contributed by atoms with Crippen LogP contribution in [-0.2, 0) is 9.47 Å². The Morgan fingerprint density at radius 1 is 1.12 bits per heavy atom. The maximum absolute atomic E-state index is 11.4. The summed E-state index contributed by atoms with van der Waals surface area (Å²) in [6.45, 7) is 8.71. The van der Waals surface area contributed by atoms with E-state index in [9.17, 15) is 5.11 Å². The lowest BCUT2D eigenvalue weighted by Gasteiger charge is -2.80. The molecule has 4 heterocycles. The number of hydrogen-bond acceptors (Lipinski definition) is 4. The predicted octanol–water partition coefficient (Wildman–Crippen LogP) is 2.91. The van der Waals surface area contributed by atoms with Crippen molar-refractivity contribution in [3.05, 3.63) is 12.2 Å². The van der Waals surface area contributed by atoms with Gasteiger partial charge in [0, 0.05) is 22.8 Å². The molecule has 0 radical (unpaired) electrons. The van der Waals surface area contributed by atoms with Crippen LogP contribution in [0.15, 0.2) is 12.2 Å². The van der Waals surface area contributed by atoms with Crippen molar-refractivity contribution in [3.63, 3.8) is 0 Å². The topological polar surface area (TPSA) is 41.9 Å². The minimum absolute atomic E-state index is 0.0511. The van der Waals surface area contributed by atoms with Crippen molar-refractivity contribution in [1.82, 2.24) is 4.90 Å². The van der Waals surface area contributed by atoms with Gasteiger partial charge in [0.05, 0.1) is 18.8 Å². The molecule has 2 spiro atoms. The molecule has 9 aliphatic rings. The van der Waals surface area contributed by atoms with Crippen LogP contribution in [0.4, 0.5) is 0 Å². The molecule has 142 valence electrons. The van der Waals surface area contributed by atoms with E-state index in [2.05, 4.69) is 18.4 Å². The Kier molecular flexibility index (Phi) is 2.64. The summed E-state index contributed by atoms with van der Waals surface area (Å²) in [6.07, 6.45) is 8.94. The van der Waals surface area contributed by atoms with E-state index in [1.807, 2.05) is 0 Å². The molecule has 4 heteroatoms. The van der Waals surface area contributed by atoms with Gasteiger partial charge in [0.1, 0.15) is 12.5 Å². The second-order valence-electron chi connectivity index (χ2n) is 10.8. The summed E-state index contributed by atoms with van der Waals surface area (Å²) < 4.78 is 13.2. The number of piperidine rings is 1. The molecule has 0 aromatic carbocycles. The van der Waals surface area contributed by atoms with E-state index < -0.39 is 0 Å². The van der Waals surface area contributed by atoms with Crippen LogP contribution in [0.2, 0.25) is 0 Å². The summed E-state index contributed by atoms with van der Waals surface area (Å²) >= 11 is 0. The van der Waals surface area contributed by atoms with Crippen molar-refractivity contribution in [1.29, 1.82) is 0 Å². The van der Waals surface area contributed by atoms with Crippen LogP contribution in [0.1, 0.15) is 51.9 Å². The summed E-state index contributed by atoms with van der Waals surface area (Å²) in [4.78, 5) is 2.60. The van der Waals surface area contributed by atoms with Crippen LogP contribution in [-0.4, -0.2) is 47.8 Å². The monoisotopic (exact) mass is 357 g/mol. The lowest BCUT2D eigenvalue weighted by molar-refractivity contribution is -0.422. The van der Waals surface area contributed by atoms with E-state index in [4.69, 9.17) is 9.47 Å². The van der Waals surface area contributed by atoms with Crippen molar-refractivity contribution in [3.8, 4) is 0 Å². The highest BCUT2D eigenvalue weighted by Crippen LogP contribution is 2.79. The summed E-state index contributed by atoms with van der Waals surface area (Å²) in [5, 5.41) is 11.4. The second-order valence-corrected chi connectivity index (χ2v) is 10.8. The molecule has 7 bridgehead atoms. The van der Waals surface area contributed by atoms with Gasteiger partial charge in [0.2, 0.25) is 0 Å². The van der Waals surface area contributed by atoms with Gasteiger partial charge in [-0.2, -0.15) is 0 Å². The standard InChI is InChI=1S/C22H31NO3/c1-12-13-4-7-22(17(12)24)15(10-13)21-6-3-5-20(2)14(21)11-16(22)26-19(21)23-8-9-25-18(20)23/h13-19,24H,1,3-11H2,2H3/t13-,14?,15?,16+,17-,18+,19+,20+,21-,22+/m0/s1. The van der Waals surface area contributed by atoms with E-state index in [-0.39, 0.29) is 40.9 Å². The van der Waals surface area contributed by atoms with Gasteiger partial charge in [-0.25, -0.2) is 4.90 Å². The molecule has 26 heavy (non-hydrogen) atoms. The van der Waals surface area contributed by atoms with Crippen LogP contribution in [0.3, 0.4) is 0 Å². The first-order valence-corrected chi connectivity index (χ1v) is 10.9. The SMILES string of the molecule is C=C1[C@H]2CC[C@]3(C(C2)[C@]24CCC[C@]5(C)C2C[C@H]3O[C@H]4N2CCO[C@@H]25)[C@H]1O. The second kappa shape index (κ2) is 4.42. The number of hydrogen-bond donors (Lipinski definition) is 1. The first-order valence-electron chi connectivity index (χ1n) is 10.9. The Morgan fingerprint density at radius 3 is 2.88 bits per heavy atom. The Labute approximate surface area is 155 Å². The lowest BCUT2D eigenvalue weighted by Crippen LogP contribution is -2.83. The minimum Gasteiger partial charge on any atom is -0.388 e. The molecule has 10 atom stereocenters. The number of rotatable bonds is 0. The molecule has 0 aromatic heterocycles. The van der Waals surface area contributed by atoms with Crippen molar-refractivity contribution in [2.24, 2.45) is 34.0 Å². The number of aliphatic hydroxyl groups excluding tert-OH is 1. The Bertz CT molecular complexity index is 710. The third-order valence-electron chi connectivity index (χ3n) is 10.5. The zero-order chi connectivity index (χ0) is 17.5. The summed E-state index contributed by atoms with van der Waals surface area (Å²) in [5.74, 6) is 1.84. The van der Waals surface area contributed by atoms with Gasteiger partial charge >= 0.3 is 0 Å². The van der Waals surface area contributed by atoms with E-state index in [1.54, 1.807) is 0 Å². The normalized spacial score (nSPS) is 65.2. The summed E-state index contributed by atoms with van der Waals surface area (Å²) in [5.41, 5.74) is 1.55. The third kappa shape index (κ3) is 1.32.